The summed E-state index contributed by atoms with van der Waals surface area (Å²) in [5.74, 6) is 0.156. The van der Waals surface area contributed by atoms with Crippen LogP contribution in [-0.4, -0.2) is 31.3 Å². The van der Waals surface area contributed by atoms with E-state index < -0.39 is 0 Å². The molecule has 0 aromatic heterocycles. The van der Waals surface area contributed by atoms with Crippen LogP contribution in [-0.2, 0) is 9.53 Å². The van der Waals surface area contributed by atoms with E-state index in [0.717, 1.165) is 29.0 Å². The maximum absolute atomic E-state index is 12.9. The summed E-state index contributed by atoms with van der Waals surface area (Å²) in [6.07, 6.45) is 2.02. The molecule has 2 aliphatic rings. The van der Waals surface area contributed by atoms with Gasteiger partial charge < -0.3 is 10.5 Å². The lowest BCUT2D eigenvalue weighted by Crippen LogP contribution is -2.32. The predicted octanol–water partition coefficient (Wildman–Crippen LogP) is 3.89. The maximum atomic E-state index is 12.9. The van der Waals surface area contributed by atoms with Crippen LogP contribution >= 0.6 is 11.6 Å². The zero-order chi connectivity index (χ0) is 18.0. The lowest BCUT2D eigenvalue weighted by Gasteiger charge is -2.36. The number of allylic oxidation sites excluding steroid dienone is 2. The van der Waals surface area contributed by atoms with Crippen molar-refractivity contribution in [2.24, 2.45) is 16.1 Å². The second-order valence-corrected chi connectivity index (χ2v) is 8.01. The highest BCUT2D eigenvalue weighted by atomic mass is 35.5. The number of ketones is 1. The van der Waals surface area contributed by atoms with Crippen LogP contribution in [0.3, 0.4) is 0 Å². The molecule has 4 nitrogen and oxygen atoms in total. The zero-order valence-electron chi connectivity index (χ0n) is 14.8. The van der Waals surface area contributed by atoms with Crippen LogP contribution in [0, 0.1) is 5.41 Å². The number of rotatable bonds is 5. The number of nitrogens with two attached hydrogens (primary N) is 1. The van der Waals surface area contributed by atoms with Gasteiger partial charge in [-0.15, -0.1) is 0 Å². The third-order valence-corrected chi connectivity index (χ3v) is 5.13. The highest BCUT2D eigenvalue weighted by Crippen LogP contribution is 2.46. The number of carbonyl (C=O) groups excluding carboxylic acids is 1. The van der Waals surface area contributed by atoms with Crippen LogP contribution in [0.25, 0.3) is 0 Å². The fraction of sp³-hybridized carbons (Fsp3) is 0.500. The minimum Gasteiger partial charge on any atom is -0.374 e. The van der Waals surface area contributed by atoms with E-state index in [2.05, 4.69) is 13.8 Å². The highest BCUT2D eigenvalue weighted by molar-refractivity contribution is 6.31. The number of aliphatic imine (C=N–C) groups is 1. The highest BCUT2D eigenvalue weighted by Gasteiger charge is 2.39. The van der Waals surface area contributed by atoms with Crippen LogP contribution in [0.5, 0.6) is 0 Å². The first-order valence-corrected chi connectivity index (χ1v) is 9.14. The van der Waals surface area contributed by atoms with Gasteiger partial charge in [0.1, 0.15) is 0 Å². The molecule has 1 unspecified atom stereocenters. The normalized spacial score (nSPS) is 22.6. The van der Waals surface area contributed by atoms with Gasteiger partial charge in [0.05, 0.1) is 13.2 Å². The molecule has 5 heteroatoms. The molecule has 1 atom stereocenters. The summed E-state index contributed by atoms with van der Waals surface area (Å²) in [5, 5.41) is 0.695. The van der Waals surface area contributed by atoms with Gasteiger partial charge in [-0.1, -0.05) is 43.6 Å². The number of hydrogen-bond donors (Lipinski definition) is 1. The quantitative estimate of drug-likeness (QED) is 0.810. The third-order valence-electron chi connectivity index (χ3n) is 4.79. The molecule has 1 aliphatic heterocycles. The van der Waals surface area contributed by atoms with Crippen LogP contribution in [0.2, 0.25) is 5.02 Å². The number of nitrogens with zero attached hydrogens (tertiary/aromatic N) is 1. The van der Waals surface area contributed by atoms with Crippen molar-refractivity contribution in [1.29, 1.82) is 0 Å². The van der Waals surface area contributed by atoms with Crippen molar-refractivity contribution in [1.82, 2.24) is 0 Å². The van der Waals surface area contributed by atoms with Crippen molar-refractivity contribution < 1.29 is 9.53 Å². The molecule has 3 rings (SSSR count). The Morgan fingerprint density at radius 3 is 2.80 bits per heavy atom. The Kier molecular flexibility index (Phi) is 5.42. The molecule has 1 aromatic rings. The monoisotopic (exact) mass is 360 g/mol. The molecule has 0 fully saturated rings. The van der Waals surface area contributed by atoms with E-state index in [4.69, 9.17) is 27.1 Å². The first kappa shape index (κ1) is 18.3. The van der Waals surface area contributed by atoms with Crippen LogP contribution < -0.4 is 5.73 Å². The van der Waals surface area contributed by atoms with Crippen LogP contribution in [0.1, 0.15) is 44.6 Å². The Hall–Kier alpha value is -1.49. The Balaban J connectivity index is 2.01. The summed E-state index contributed by atoms with van der Waals surface area (Å²) < 4.78 is 5.60. The van der Waals surface area contributed by atoms with Gasteiger partial charge >= 0.3 is 0 Å². The van der Waals surface area contributed by atoms with Gasteiger partial charge in [-0.05, 0) is 29.9 Å². The molecule has 0 spiro atoms. The Morgan fingerprint density at radius 2 is 2.08 bits per heavy atom. The molecule has 25 heavy (non-hydrogen) atoms. The lowest BCUT2D eigenvalue weighted by molar-refractivity contribution is -0.118. The van der Waals surface area contributed by atoms with E-state index in [-0.39, 0.29) is 17.1 Å². The summed E-state index contributed by atoms with van der Waals surface area (Å²) >= 11 is 6.45. The van der Waals surface area contributed by atoms with E-state index in [9.17, 15) is 4.79 Å². The number of Topliss-reactive ketones (excluding diaryl/α,β-unsaturated/α-hetero) is 1. The van der Waals surface area contributed by atoms with E-state index in [1.165, 1.54) is 0 Å². The smallest absolute Gasteiger partial charge is 0.161 e. The number of ether oxygens (including phenoxy) is 1. The molecule has 0 bridgehead atoms. The van der Waals surface area contributed by atoms with Gasteiger partial charge in [0.2, 0.25) is 0 Å². The number of hydrogen-bond acceptors (Lipinski definition) is 4. The van der Waals surface area contributed by atoms with Gasteiger partial charge in [0, 0.05) is 40.9 Å². The third kappa shape index (κ3) is 4.02. The molecule has 0 radical (unpaired) electrons. The largest absolute Gasteiger partial charge is 0.374 e. The molecule has 0 saturated heterocycles. The van der Waals surface area contributed by atoms with Gasteiger partial charge in [0.25, 0.3) is 0 Å². The van der Waals surface area contributed by atoms with Crippen molar-refractivity contribution in [3.63, 3.8) is 0 Å². The molecule has 134 valence electrons. The fourth-order valence-electron chi connectivity index (χ4n) is 3.76. The fourth-order valence-corrected chi connectivity index (χ4v) is 4.03. The molecule has 0 amide bonds. The second-order valence-electron chi connectivity index (χ2n) is 7.60. The summed E-state index contributed by atoms with van der Waals surface area (Å²) in [6.45, 7) is 5.68. The molecule has 1 aromatic carbocycles. The molecule has 2 N–H and O–H groups in total. The van der Waals surface area contributed by atoms with Crippen molar-refractivity contribution in [3.8, 4) is 0 Å². The molecular weight excluding hydrogens is 336 g/mol. The van der Waals surface area contributed by atoms with E-state index in [1.807, 2.05) is 24.3 Å². The van der Waals surface area contributed by atoms with Gasteiger partial charge in [-0.3, -0.25) is 9.79 Å². The minimum absolute atomic E-state index is 0.0405. The Morgan fingerprint density at radius 1 is 1.32 bits per heavy atom. The van der Waals surface area contributed by atoms with Crippen molar-refractivity contribution in [2.45, 2.75) is 39.0 Å². The molecule has 0 saturated carbocycles. The van der Waals surface area contributed by atoms with Crippen LogP contribution in [0.4, 0.5) is 0 Å². The average Bonchev–Trinajstić information content (AvgIpc) is 2.53. The Bertz CT molecular complexity index is 737. The van der Waals surface area contributed by atoms with E-state index >= 15 is 0 Å². The molecule has 1 aliphatic carbocycles. The van der Waals surface area contributed by atoms with Gasteiger partial charge in [0.15, 0.2) is 5.78 Å². The minimum atomic E-state index is -0.0645. The first-order valence-electron chi connectivity index (χ1n) is 8.76. The number of carbonyl (C=O) groups is 1. The summed E-state index contributed by atoms with van der Waals surface area (Å²) in [5.41, 5.74) is 9.15. The standard InChI is InChI=1S/C20H25ClN2O2/c1-20(2)10-17-19(18(24)11-20)15(14-5-3-4-6-16(14)21)9-13(23-17)12-25-8-7-22/h3-6,15H,7-12,22H2,1-2H3. The lowest BCUT2D eigenvalue weighted by atomic mass is 9.70. The van der Waals surface area contributed by atoms with E-state index in [1.54, 1.807) is 0 Å². The average molecular weight is 361 g/mol. The summed E-state index contributed by atoms with van der Waals surface area (Å²) in [4.78, 5) is 17.7. The number of benzene rings is 1. The van der Waals surface area contributed by atoms with Gasteiger partial charge in [-0.2, -0.15) is 0 Å². The zero-order valence-corrected chi connectivity index (χ0v) is 15.6. The predicted molar refractivity (Wildman–Crippen MR) is 101 cm³/mol. The molecular formula is C20H25ClN2O2. The topological polar surface area (TPSA) is 64.7 Å². The summed E-state index contributed by atoms with van der Waals surface area (Å²) in [6, 6.07) is 7.77. The molecule has 1 heterocycles. The Labute approximate surface area is 154 Å². The first-order chi connectivity index (χ1) is 11.9. The van der Waals surface area contributed by atoms with Gasteiger partial charge in [-0.25, -0.2) is 0 Å². The maximum Gasteiger partial charge on any atom is 0.161 e. The number of halogens is 1. The summed E-state index contributed by atoms with van der Waals surface area (Å²) in [7, 11) is 0. The van der Waals surface area contributed by atoms with Crippen LogP contribution in [0.15, 0.2) is 40.5 Å². The van der Waals surface area contributed by atoms with E-state index in [0.29, 0.717) is 37.6 Å². The van der Waals surface area contributed by atoms with Crippen molar-refractivity contribution >= 4 is 23.1 Å². The van der Waals surface area contributed by atoms with Crippen molar-refractivity contribution in [3.05, 3.63) is 46.1 Å². The SMILES string of the molecule is CC1(C)CC(=O)C2=C(C1)N=C(COCCN)CC2c1ccccc1Cl. The second kappa shape index (κ2) is 7.40. The van der Waals surface area contributed by atoms with Crippen molar-refractivity contribution in [2.75, 3.05) is 19.8 Å².